The zero-order chi connectivity index (χ0) is 35.1. The lowest BCUT2D eigenvalue weighted by molar-refractivity contribution is 0.442. The number of nitrogens with zero attached hydrogens (tertiary/aromatic N) is 1. The summed E-state index contributed by atoms with van der Waals surface area (Å²) in [5.41, 5.74) is 13.2. The molecule has 8 aromatic carbocycles. The lowest BCUT2D eigenvalue weighted by Crippen LogP contribution is -2.39. The van der Waals surface area contributed by atoms with Gasteiger partial charge in [-0.2, -0.15) is 0 Å². The van der Waals surface area contributed by atoms with Crippen molar-refractivity contribution in [2.45, 2.75) is 12.2 Å². The first-order valence-electron chi connectivity index (χ1n) is 18.3. The molecule has 2 N–H and O–H groups in total. The number of hydrogen-bond donors (Lipinski definition) is 2. The summed E-state index contributed by atoms with van der Waals surface area (Å²) in [6.07, 6.45) is 2.24. The molecule has 0 spiro atoms. The van der Waals surface area contributed by atoms with Crippen LogP contribution >= 0.6 is 0 Å². The summed E-state index contributed by atoms with van der Waals surface area (Å²) in [5.74, 6) is 0. The average Bonchev–Trinajstić information content (AvgIpc) is 3.59. The first kappa shape index (κ1) is 31.1. The van der Waals surface area contributed by atoms with Gasteiger partial charge in [0.2, 0.25) is 0 Å². The molecule has 2 unspecified atom stereocenters. The van der Waals surface area contributed by atoms with E-state index < -0.39 is 0 Å². The molecule has 0 radical (unpaired) electrons. The molecule has 0 fully saturated rings. The van der Waals surface area contributed by atoms with Gasteiger partial charge in [-0.3, -0.25) is 5.32 Å². The third-order valence-electron chi connectivity index (χ3n) is 10.7. The molecule has 0 amide bonds. The molecule has 0 saturated heterocycles. The van der Waals surface area contributed by atoms with Gasteiger partial charge in [-0.15, -0.1) is 0 Å². The molecule has 0 aliphatic carbocycles. The molecule has 1 aromatic heterocycles. The Morgan fingerprint density at radius 3 is 1.74 bits per heavy atom. The van der Waals surface area contributed by atoms with Crippen molar-refractivity contribution >= 4 is 38.3 Å². The van der Waals surface area contributed by atoms with E-state index in [4.69, 9.17) is 0 Å². The number of aromatic nitrogens is 1. The normalized spacial score (nSPS) is 15.7. The highest BCUT2D eigenvalue weighted by molar-refractivity contribution is 6.21. The molecule has 252 valence electrons. The Kier molecular flexibility index (Phi) is 7.71. The highest BCUT2D eigenvalue weighted by atomic mass is 15.2. The van der Waals surface area contributed by atoms with Crippen LogP contribution in [-0.2, 0) is 0 Å². The SMILES string of the molecule is C1=C(c2ccccc2)NC(c2ccc(-n3c4ccccc4c4c5cc(-c6ccc(-c7ccccc7)cc6)ccc5ccc43)cc2)NC1c1ccccc1. The van der Waals surface area contributed by atoms with Crippen LogP contribution in [0.3, 0.4) is 0 Å². The van der Waals surface area contributed by atoms with Crippen molar-refractivity contribution in [3.63, 3.8) is 0 Å². The fourth-order valence-electron chi connectivity index (χ4n) is 8.02. The van der Waals surface area contributed by atoms with Gasteiger partial charge >= 0.3 is 0 Å². The molecule has 1 aliphatic rings. The maximum Gasteiger partial charge on any atom is 0.104 e. The molecule has 3 heteroatoms. The Bertz CT molecular complexity index is 2750. The van der Waals surface area contributed by atoms with Gasteiger partial charge in [0.1, 0.15) is 6.17 Å². The van der Waals surface area contributed by atoms with E-state index in [0.717, 1.165) is 11.4 Å². The number of para-hydroxylation sites is 1. The van der Waals surface area contributed by atoms with E-state index in [9.17, 15) is 0 Å². The molecule has 0 bridgehead atoms. The summed E-state index contributed by atoms with van der Waals surface area (Å²) in [7, 11) is 0. The summed E-state index contributed by atoms with van der Waals surface area (Å²) in [6, 6.07) is 70.1. The van der Waals surface area contributed by atoms with Crippen LogP contribution in [0.15, 0.2) is 200 Å². The first-order chi connectivity index (χ1) is 26.3. The van der Waals surface area contributed by atoms with Crippen LogP contribution in [0.5, 0.6) is 0 Å². The summed E-state index contributed by atoms with van der Waals surface area (Å²) >= 11 is 0. The molecular formula is C50H37N3. The summed E-state index contributed by atoms with van der Waals surface area (Å²) in [4.78, 5) is 0. The predicted molar refractivity (Wildman–Crippen MR) is 222 cm³/mol. The van der Waals surface area contributed by atoms with Crippen LogP contribution in [0.1, 0.15) is 28.9 Å². The number of fused-ring (bicyclic) bond motifs is 5. The Morgan fingerprint density at radius 2 is 1.00 bits per heavy atom. The van der Waals surface area contributed by atoms with E-state index in [1.165, 1.54) is 71.5 Å². The topological polar surface area (TPSA) is 29.0 Å². The summed E-state index contributed by atoms with van der Waals surface area (Å²) < 4.78 is 2.42. The average molecular weight is 680 g/mol. The van der Waals surface area contributed by atoms with Gasteiger partial charge in [0.05, 0.1) is 17.1 Å². The molecule has 10 rings (SSSR count). The van der Waals surface area contributed by atoms with Gasteiger partial charge in [0, 0.05) is 22.2 Å². The van der Waals surface area contributed by atoms with Gasteiger partial charge in [0.25, 0.3) is 0 Å². The molecule has 53 heavy (non-hydrogen) atoms. The van der Waals surface area contributed by atoms with Crippen molar-refractivity contribution in [2.75, 3.05) is 0 Å². The Labute approximate surface area is 309 Å². The number of benzene rings is 8. The minimum absolute atomic E-state index is 0.0586. The second-order valence-corrected chi connectivity index (χ2v) is 13.9. The van der Waals surface area contributed by atoms with Gasteiger partial charge < -0.3 is 9.88 Å². The van der Waals surface area contributed by atoms with Crippen molar-refractivity contribution in [3.05, 3.63) is 217 Å². The fourth-order valence-corrected chi connectivity index (χ4v) is 8.02. The van der Waals surface area contributed by atoms with Crippen LogP contribution in [-0.4, -0.2) is 4.57 Å². The highest BCUT2D eigenvalue weighted by Gasteiger charge is 2.24. The van der Waals surface area contributed by atoms with E-state index in [0.29, 0.717) is 0 Å². The van der Waals surface area contributed by atoms with Crippen molar-refractivity contribution in [1.82, 2.24) is 15.2 Å². The third-order valence-corrected chi connectivity index (χ3v) is 10.7. The Hall–Kier alpha value is -6.68. The monoisotopic (exact) mass is 679 g/mol. The van der Waals surface area contributed by atoms with Crippen LogP contribution in [0, 0.1) is 0 Å². The molecule has 0 saturated carbocycles. The van der Waals surface area contributed by atoms with Crippen molar-refractivity contribution in [2.24, 2.45) is 0 Å². The lowest BCUT2D eigenvalue weighted by Gasteiger charge is -2.33. The van der Waals surface area contributed by atoms with Crippen LogP contribution in [0.25, 0.3) is 66.2 Å². The van der Waals surface area contributed by atoms with E-state index in [1.54, 1.807) is 0 Å². The molecule has 3 nitrogen and oxygen atoms in total. The highest BCUT2D eigenvalue weighted by Crippen LogP contribution is 2.39. The van der Waals surface area contributed by atoms with Gasteiger partial charge in [-0.1, -0.05) is 164 Å². The summed E-state index contributed by atoms with van der Waals surface area (Å²) in [6.45, 7) is 0. The largest absolute Gasteiger partial charge is 0.366 e. The van der Waals surface area contributed by atoms with Crippen LogP contribution < -0.4 is 10.6 Å². The first-order valence-corrected chi connectivity index (χ1v) is 18.3. The smallest absolute Gasteiger partial charge is 0.104 e. The maximum absolute atomic E-state index is 3.86. The fraction of sp³-hybridized carbons (Fsp3) is 0.0400. The second-order valence-electron chi connectivity index (χ2n) is 13.9. The summed E-state index contributed by atoms with van der Waals surface area (Å²) in [5, 5.41) is 12.7. The number of hydrogen-bond acceptors (Lipinski definition) is 2. The third kappa shape index (κ3) is 5.68. The minimum Gasteiger partial charge on any atom is -0.366 e. The van der Waals surface area contributed by atoms with Gasteiger partial charge in [-0.25, -0.2) is 0 Å². The van der Waals surface area contributed by atoms with Crippen molar-refractivity contribution in [3.8, 4) is 27.9 Å². The number of rotatable bonds is 6. The van der Waals surface area contributed by atoms with Gasteiger partial charge in [-0.05, 0) is 86.1 Å². The van der Waals surface area contributed by atoms with Gasteiger partial charge in [0.15, 0.2) is 0 Å². The van der Waals surface area contributed by atoms with E-state index in [2.05, 4.69) is 215 Å². The Balaban J connectivity index is 1.03. The molecule has 9 aromatic rings. The minimum atomic E-state index is -0.0586. The molecule has 1 aliphatic heterocycles. The predicted octanol–water partition coefficient (Wildman–Crippen LogP) is 12.2. The molecule has 2 heterocycles. The zero-order valence-corrected chi connectivity index (χ0v) is 29.2. The quantitative estimate of drug-likeness (QED) is 0.183. The zero-order valence-electron chi connectivity index (χ0n) is 29.2. The van der Waals surface area contributed by atoms with E-state index in [-0.39, 0.29) is 12.2 Å². The van der Waals surface area contributed by atoms with E-state index >= 15 is 0 Å². The standard InChI is InChI=1S/C50H37N3/c1-4-12-34(13-5-1)35-20-22-36(23-21-35)41-25-24-37-28-31-48-49(44(37)32-41)43-18-10-11-19-47(43)53(48)42-29-26-40(27-30-42)50-51-45(38-14-6-2-7-15-38)33-46(52-50)39-16-8-3-9-17-39/h1-33,45,50-52H. The Morgan fingerprint density at radius 1 is 0.415 bits per heavy atom. The number of nitrogens with one attached hydrogen (secondary N) is 2. The van der Waals surface area contributed by atoms with Crippen LogP contribution in [0.4, 0.5) is 0 Å². The molecular weight excluding hydrogens is 643 g/mol. The lowest BCUT2D eigenvalue weighted by atomic mass is 9.96. The van der Waals surface area contributed by atoms with Crippen molar-refractivity contribution < 1.29 is 0 Å². The van der Waals surface area contributed by atoms with Crippen LogP contribution in [0.2, 0.25) is 0 Å². The second kappa shape index (κ2) is 13.1. The maximum atomic E-state index is 3.86. The van der Waals surface area contributed by atoms with Crippen molar-refractivity contribution in [1.29, 1.82) is 0 Å². The molecule has 2 atom stereocenters. The van der Waals surface area contributed by atoms with E-state index in [1.807, 2.05) is 0 Å².